The first-order valence-electron chi connectivity index (χ1n) is 9.73. The van der Waals surface area contributed by atoms with Crippen LogP contribution < -0.4 is 0 Å². The molecule has 3 rings (SSSR count). The maximum Gasteiger partial charge on any atom is 0.0575 e. The molecule has 25 heavy (non-hydrogen) atoms. The maximum absolute atomic E-state index is 6.14. The zero-order chi connectivity index (χ0) is 17.5. The zero-order valence-corrected chi connectivity index (χ0v) is 16.0. The predicted molar refractivity (Wildman–Crippen MR) is 107 cm³/mol. The van der Waals surface area contributed by atoms with Gasteiger partial charge in [-0.2, -0.15) is 0 Å². The van der Waals surface area contributed by atoms with Crippen molar-refractivity contribution < 1.29 is 4.74 Å². The molecule has 1 aliphatic heterocycles. The van der Waals surface area contributed by atoms with Gasteiger partial charge in [0.1, 0.15) is 0 Å². The Hall–Kier alpha value is -1.31. The Bertz CT molecular complexity index is 624. The molecule has 0 bridgehead atoms. The highest BCUT2D eigenvalue weighted by atomic mass is 35.5. The van der Waals surface area contributed by atoms with Gasteiger partial charge in [0, 0.05) is 10.9 Å². The summed E-state index contributed by atoms with van der Waals surface area (Å²) < 4.78 is 6.14. The van der Waals surface area contributed by atoms with Crippen molar-refractivity contribution in [3.63, 3.8) is 0 Å². The van der Waals surface area contributed by atoms with Gasteiger partial charge in [0.25, 0.3) is 0 Å². The molecule has 0 amide bonds. The van der Waals surface area contributed by atoms with Gasteiger partial charge in [0.2, 0.25) is 0 Å². The van der Waals surface area contributed by atoms with E-state index in [-0.39, 0.29) is 0 Å². The molecule has 1 saturated heterocycles. The van der Waals surface area contributed by atoms with Crippen molar-refractivity contribution in [2.45, 2.75) is 63.9 Å². The van der Waals surface area contributed by atoms with Crippen LogP contribution in [0.15, 0.2) is 48.5 Å². The molecule has 1 nitrogen and oxygen atoms in total. The smallest absolute Gasteiger partial charge is 0.0575 e. The normalized spacial score (nSPS) is 20.6. The standard InChI is InChI=1S/C23H29ClO/c1-2-3-4-5-6-23-16-13-21(17-25-23)20-9-7-18(8-10-20)19-11-14-22(24)15-12-19/h7-12,14-15,21,23H,2-6,13,16-17H2,1H3. The molecule has 0 aliphatic carbocycles. The van der Waals surface area contributed by atoms with Gasteiger partial charge in [-0.3, -0.25) is 0 Å². The lowest BCUT2D eigenvalue weighted by Gasteiger charge is -2.29. The summed E-state index contributed by atoms with van der Waals surface area (Å²) in [7, 11) is 0. The lowest BCUT2D eigenvalue weighted by molar-refractivity contribution is -0.00212. The SMILES string of the molecule is CCCCCCC1CCC(c2ccc(-c3ccc(Cl)cc3)cc2)CO1. The van der Waals surface area contributed by atoms with E-state index in [1.165, 1.54) is 61.6 Å². The molecule has 1 fully saturated rings. The van der Waals surface area contributed by atoms with E-state index in [0.717, 1.165) is 11.6 Å². The highest BCUT2D eigenvalue weighted by Gasteiger charge is 2.22. The molecular weight excluding hydrogens is 328 g/mol. The van der Waals surface area contributed by atoms with Crippen LogP contribution in [0.1, 0.15) is 63.4 Å². The molecule has 2 unspecified atom stereocenters. The summed E-state index contributed by atoms with van der Waals surface area (Å²) in [5.74, 6) is 0.547. The van der Waals surface area contributed by atoms with Crippen LogP contribution in [0.3, 0.4) is 0 Å². The maximum atomic E-state index is 6.14. The van der Waals surface area contributed by atoms with Crippen molar-refractivity contribution in [1.29, 1.82) is 0 Å². The molecule has 0 radical (unpaired) electrons. The quantitative estimate of drug-likeness (QED) is 0.475. The predicted octanol–water partition coefficient (Wildman–Crippen LogP) is 7.24. The van der Waals surface area contributed by atoms with Crippen LogP contribution in [0.5, 0.6) is 0 Å². The van der Waals surface area contributed by atoms with Crippen LogP contribution in [-0.2, 0) is 4.74 Å². The third-order valence-electron chi connectivity index (χ3n) is 5.31. The van der Waals surface area contributed by atoms with Crippen molar-refractivity contribution in [3.8, 4) is 11.1 Å². The van der Waals surface area contributed by atoms with Crippen LogP contribution in [0.4, 0.5) is 0 Å². The Morgan fingerprint density at radius 2 is 1.56 bits per heavy atom. The van der Waals surface area contributed by atoms with Crippen LogP contribution in [0.2, 0.25) is 5.02 Å². The first-order chi connectivity index (χ1) is 12.3. The molecule has 1 aliphatic rings. The van der Waals surface area contributed by atoms with Crippen molar-refractivity contribution in [1.82, 2.24) is 0 Å². The van der Waals surface area contributed by atoms with Crippen LogP contribution in [0, 0.1) is 0 Å². The summed E-state index contributed by atoms with van der Waals surface area (Å²) >= 11 is 5.97. The number of benzene rings is 2. The minimum absolute atomic E-state index is 0.487. The van der Waals surface area contributed by atoms with Gasteiger partial charge in [0.15, 0.2) is 0 Å². The van der Waals surface area contributed by atoms with E-state index in [4.69, 9.17) is 16.3 Å². The van der Waals surface area contributed by atoms with Gasteiger partial charge >= 0.3 is 0 Å². The van der Waals surface area contributed by atoms with Gasteiger partial charge in [-0.1, -0.05) is 80.6 Å². The summed E-state index contributed by atoms with van der Waals surface area (Å²) in [4.78, 5) is 0. The Morgan fingerprint density at radius 1 is 0.880 bits per heavy atom. The fraction of sp³-hybridized carbons (Fsp3) is 0.478. The third-order valence-corrected chi connectivity index (χ3v) is 5.56. The average molecular weight is 357 g/mol. The van der Waals surface area contributed by atoms with E-state index in [2.05, 4.69) is 43.3 Å². The van der Waals surface area contributed by atoms with E-state index in [1.807, 2.05) is 12.1 Å². The second-order valence-electron chi connectivity index (χ2n) is 7.21. The van der Waals surface area contributed by atoms with E-state index < -0.39 is 0 Å². The van der Waals surface area contributed by atoms with Gasteiger partial charge in [-0.15, -0.1) is 0 Å². The highest BCUT2D eigenvalue weighted by Crippen LogP contribution is 2.31. The van der Waals surface area contributed by atoms with Gasteiger partial charge in [-0.25, -0.2) is 0 Å². The van der Waals surface area contributed by atoms with Gasteiger partial charge in [0.05, 0.1) is 12.7 Å². The van der Waals surface area contributed by atoms with E-state index >= 15 is 0 Å². The molecule has 2 aromatic rings. The van der Waals surface area contributed by atoms with Crippen LogP contribution in [-0.4, -0.2) is 12.7 Å². The molecular formula is C23H29ClO. The fourth-order valence-corrected chi connectivity index (χ4v) is 3.81. The minimum atomic E-state index is 0.487. The Morgan fingerprint density at radius 3 is 2.16 bits per heavy atom. The molecule has 0 saturated carbocycles. The molecule has 134 valence electrons. The summed E-state index contributed by atoms with van der Waals surface area (Å²) in [6.45, 7) is 3.14. The van der Waals surface area contributed by atoms with Crippen LogP contribution in [0.25, 0.3) is 11.1 Å². The summed E-state index contributed by atoms with van der Waals surface area (Å²) in [5.41, 5.74) is 3.86. The summed E-state index contributed by atoms with van der Waals surface area (Å²) in [6.07, 6.45) is 9.51. The molecule has 0 N–H and O–H groups in total. The largest absolute Gasteiger partial charge is 0.378 e. The fourth-order valence-electron chi connectivity index (χ4n) is 3.69. The Balaban J connectivity index is 1.51. The van der Waals surface area contributed by atoms with Gasteiger partial charge in [-0.05, 0) is 48.1 Å². The zero-order valence-electron chi connectivity index (χ0n) is 15.2. The molecule has 0 aromatic heterocycles. The number of ether oxygens (including phenoxy) is 1. The molecule has 1 heterocycles. The molecule has 2 aromatic carbocycles. The number of hydrogen-bond donors (Lipinski definition) is 0. The monoisotopic (exact) mass is 356 g/mol. The van der Waals surface area contributed by atoms with Crippen molar-refractivity contribution >= 4 is 11.6 Å². The summed E-state index contributed by atoms with van der Waals surface area (Å²) in [6, 6.07) is 17.0. The second-order valence-corrected chi connectivity index (χ2v) is 7.64. The second kappa shape index (κ2) is 9.40. The minimum Gasteiger partial charge on any atom is -0.378 e. The number of unbranched alkanes of at least 4 members (excludes halogenated alkanes) is 3. The first-order valence-corrected chi connectivity index (χ1v) is 10.1. The number of hydrogen-bond acceptors (Lipinski definition) is 1. The van der Waals surface area contributed by atoms with Crippen molar-refractivity contribution in [2.24, 2.45) is 0 Å². The van der Waals surface area contributed by atoms with Crippen molar-refractivity contribution in [2.75, 3.05) is 6.61 Å². The topological polar surface area (TPSA) is 9.23 Å². The highest BCUT2D eigenvalue weighted by molar-refractivity contribution is 6.30. The molecule has 0 spiro atoms. The lowest BCUT2D eigenvalue weighted by Crippen LogP contribution is -2.24. The van der Waals surface area contributed by atoms with Crippen molar-refractivity contribution in [3.05, 3.63) is 59.1 Å². The third kappa shape index (κ3) is 5.33. The number of halogens is 1. The Kier molecular flexibility index (Phi) is 6.95. The average Bonchev–Trinajstić information content (AvgIpc) is 2.67. The molecule has 2 atom stereocenters. The van der Waals surface area contributed by atoms with E-state index in [0.29, 0.717) is 12.0 Å². The number of rotatable bonds is 7. The van der Waals surface area contributed by atoms with E-state index in [1.54, 1.807) is 0 Å². The van der Waals surface area contributed by atoms with E-state index in [9.17, 15) is 0 Å². The summed E-state index contributed by atoms with van der Waals surface area (Å²) in [5, 5.41) is 0.781. The molecule has 2 heteroatoms. The van der Waals surface area contributed by atoms with Crippen LogP contribution >= 0.6 is 11.6 Å². The Labute approximate surface area is 157 Å². The van der Waals surface area contributed by atoms with Gasteiger partial charge < -0.3 is 4.74 Å². The first kappa shape index (κ1) is 18.5. The lowest BCUT2D eigenvalue weighted by atomic mass is 9.89.